The van der Waals surface area contributed by atoms with Crippen LogP contribution in [0.25, 0.3) is 11.2 Å². The predicted octanol–water partition coefficient (Wildman–Crippen LogP) is 2.66. The summed E-state index contributed by atoms with van der Waals surface area (Å²) in [5.41, 5.74) is 2.29. The molecule has 0 amide bonds. The van der Waals surface area contributed by atoms with E-state index < -0.39 is 0 Å². The minimum absolute atomic E-state index is 0.318. The van der Waals surface area contributed by atoms with E-state index >= 15 is 0 Å². The third kappa shape index (κ3) is 3.74. The smallest absolute Gasteiger partial charge is 0.332 e. The van der Waals surface area contributed by atoms with E-state index in [-0.39, 0.29) is 11.2 Å². The lowest BCUT2D eigenvalue weighted by Gasteiger charge is -2.18. The molecular formula is C22H30N6O2. The Morgan fingerprint density at radius 3 is 2.30 bits per heavy atom. The average Bonchev–Trinajstić information content (AvgIpc) is 2.92. The molecule has 2 N–H and O–H groups in total. The van der Waals surface area contributed by atoms with E-state index in [4.69, 9.17) is 4.98 Å². The number of hydrogen-bond acceptors (Lipinski definition) is 5. The van der Waals surface area contributed by atoms with Crippen molar-refractivity contribution in [3.05, 3.63) is 50.7 Å². The highest BCUT2D eigenvalue weighted by molar-refractivity contribution is 5.74. The Morgan fingerprint density at radius 2 is 1.67 bits per heavy atom. The highest BCUT2D eigenvalue weighted by atomic mass is 16.2. The summed E-state index contributed by atoms with van der Waals surface area (Å²) in [4.78, 5) is 30.2. The molecule has 0 radical (unpaired) electrons. The van der Waals surface area contributed by atoms with Gasteiger partial charge in [0, 0.05) is 32.9 Å². The number of fused-ring (bicyclic) bond motifs is 1. The number of nitrogens with one attached hydrogen (secondary N) is 2. The molecule has 1 aliphatic rings. The predicted molar refractivity (Wildman–Crippen MR) is 120 cm³/mol. The number of imidazole rings is 1. The molecule has 0 aliphatic heterocycles. The van der Waals surface area contributed by atoms with Crippen molar-refractivity contribution in [3.8, 4) is 0 Å². The van der Waals surface area contributed by atoms with Crippen molar-refractivity contribution >= 4 is 22.8 Å². The van der Waals surface area contributed by atoms with Crippen LogP contribution in [-0.4, -0.2) is 31.8 Å². The van der Waals surface area contributed by atoms with Gasteiger partial charge in [0.2, 0.25) is 5.95 Å². The monoisotopic (exact) mass is 410 g/mol. The lowest BCUT2D eigenvalue weighted by molar-refractivity contribution is 0.609. The minimum atomic E-state index is -0.364. The number of benzene rings is 1. The first-order chi connectivity index (χ1) is 14.5. The average molecular weight is 411 g/mol. The minimum Gasteiger partial charge on any atom is -0.388 e. The highest BCUT2D eigenvalue weighted by Gasteiger charge is 2.22. The molecule has 0 unspecified atom stereocenters. The van der Waals surface area contributed by atoms with Crippen LogP contribution in [0.5, 0.6) is 0 Å². The Morgan fingerprint density at radius 1 is 1.00 bits per heavy atom. The van der Waals surface area contributed by atoms with Crippen LogP contribution in [0.2, 0.25) is 0 Å². The van der Waals surface area contributed by atoms with Gasteiger partial charge in [-0.15, -0.1) is 0 Å². The van der Waals surface area contributed by atoms with Gasteiger partial charge in [-0.1, -0.05) is 37.8 Å². The Labute approximate surface area is 175 Å². The van der Waals surface area contributed by atoms with Gasteiger partial charge in [-0.05, 0) is 30.5 Å². The first-order valence-corrected chi connectivity index (χ1v) is 10.7. The Bertz CT molecular complexity index is 1150. The second-order valence-corrected chi connectivity index (χ2v) is 8.18. The summed E-state index contributed by atoms with van der Waals surface area (Å²) >= 11 is 0. The van der Waals surface area contributed by atoms with Crippen LogP contribution < -0.4 is 21.9 Å². The van der Waals surface area contributed by atoms with Gasteiger partial charge in [0.05, 0.1) is 6.54 Å². The lowest BCUT2D eigenvalue weighted by Crippen LogP contribution is -2.37. The molecule has 0 saturated heterocycles. The number of rotatable bonds is 5. The number of nitrogens with zero attached hydrogens (tertiary/aromatic N) is 4. The molecule has 4 rings (SSSR count). The van der Waals surface area contributed by atoms with E-state index in [9.17, 15) is 9.59 Å². The SMILES string of the molecule is CNc1ccc(Cn2c(NC3CCCCCC3)nc3c2c(=O)n(C)c(=O)n3C)cc1. The second kappa shape index (κ2) is 8.38. The standard InChI is InChI=1S/C22H30N6O2/c1-23-16-12-10-15(11-13-16)14-28-18-19(26(2)22(30)27(3)20(18)29)25-21(28)24-17-8-6-4-5-7-9-17/h10-13,17,23H,4-9,14H2,1-3H3,(H,24,25). The molecule has 0 spiro atoms. The molecule has 2 heterocycles. The van der Waals surface area contributed by atoms with E-state index in [2.05, 4.69) is 10.6 Å². The van der Waals surface area contributed by atoms with E-state index in [0.717, 1.165) is 28.7 Å². The third-order valence-electron chi connectivity index (χ3n) is 6.12. The van der Waals surface area contributed by atoms with Crippen molar-refractivity contribution in [2.75, 3.05) is 17.7 Å². The van der Waals surface area contributed by atoms with Crippen molar-refractivity contribution in [1.29, 1.82) is 0 Å². The quantitative estimate of drug-likeness (QED) is 0.632. The van der Waals surface area contributed by atoms with Gasteiger partial charge in [-0.2, -0.15) is 4.98 Å². The second-order valence-electron chi connectivity index (χ2n) is 8.18. The maximum atomic E-state index is 13.0. The van der Waals surface area contributed by atoms with E-state index in [1.807, 2.05) is 35.9 Å². The molecule has 0 atom stereocenters. The number of hydrogen-bond donors (Lipinski definition) is 2. The molecule has 0 bridgehead atoms. The number of aryl methyl sites for hydroxylation is 1. The van der Waals surface area contributed by atoms with Crippen molar-refractivity contribution in [1.82, 2.24) is 18.7 Å². The maximum absolute atomic E-state index is 13.0. The van der Waals surface area contributed by atoms with Crippen LogP contribution in [-0.2, 0) is 20.6 Å². The molecule has 2 aromatic heterocycles. The van der Waals surface area contributed by atoms with Crippen molar-refractivity contribution in [2.45, 2.75) is 51.1 Å². The third-order valence-corrected chi connectivity index (χ3v) is 6.12. The summed E-state index contributed by atoms with van der Waals surface area (Å²) in [6, 6.07) is 8.44. The maximum Gasteiger partial charge on any atom is 0.332 e. The lowest BCUT2D eigenvalue weighted by atomic mass is 10.1. The van der Waals surface area contributed by atoms with Crippen LogP contribution in [0.15, 0.2) is 33.9 Å². The fraction of sp³-hybridized carbons (Fsp3) is 0.500. The first kappa shape index (κ1) is 20.3. The van der Waals surface area contributed by atoms with Gasteiger partial charge in [0.25, 0.3) is 5.56 Å². The van der Waals surface area contributed by atoms with Gasteiger partial charge in [-0.3, -0.25) is 18.5 Å². The van der Waals surface area contributed by atoms with Crippen LogP contribution in [0.1, 0.15) is 44.1 Å². The zero-order valence-corrected chi connectivity index (χ0v) is 17.9. The molecule has 1 saturated carbocycles. The summed E-state index contributed by atoms with van der Waals surface area (Å²) in [6.45, 7) is 0.503. The molecule has 30 heavy (non-hydrogen) atoms. The van der Waals surface area contributed by atoms with E-state index in [1.165, 1.54) is 37.3 Å². The Hall–Kier alpha value is -3.03. The molecule has 3 aromatic rings. The molecular weight excluding hydrogens is 380 g/mol. The van der Waals surface area contributed by atoms with Gasteiger partial charge in [-0.25, -0.2) is 4.79 Å². The number of anilines is 2. The van der Waals surface area contributed by atoms with Crippen molar-refractivity contribution in [2.24, 2.45) is 14.1 Å². The molecule has 8 heteroatoms. The number of aromatic nitrogens is 4. The normalized spacial score (nSPS) is 15.3. The summed E-state index contributed by atoms with van der Waals surface area (Å²) in [5, 5.41) is 6.71. The van der Waals surface area contributed by atoms with Gasteiger partial charge < -0.3 is 10.6 Å². The van der Waals surface area contributed by atoms with Gasteiger partial charge in [0.1, 0.15) is 0 Å². The van der Waals surface area contributed by atoms with Crippen LogP contribution >= 0.6 is 0 Å². The summed E-state index contributed by atoms with van der Waals surface area (Å²) in [6.07, 6.45) is 7.12. The molecule has 1 aromatic carbocycles. The van der Waals surface area contributed by atoms with E-state index in [1.54, 1.807) is 7.05 Å². The summed E-state index contributed by atoms with van der Waals surface area (Å²) in [7, 11) is 5.07. The highest BCUT2D eigenvalue weighted by Crippen LogP contribution is 2.24. The molecule has 160 valence electrons. The zero-order valence-electron chi connectivity index (χ0n) is 17.9. The Balaban J connectivity index is 1.82. The van der Waals surface area contributed by atoms with Crippen LogP contribution in [0.4, 0.5) is 11.6 Å². The van der Waals surface area contributed by atoms with Gasteiger partial charge in [0.15, 0.2) is 11.2 Å². The van der Waals surface area contributed by atoms with Gasteiger partial charge >= 0.3 is 5.69 Å². The zero-order chi connectivity index (χ0) is 21.3. The Kier molecular flexibility index (Phi) is 5.65. The van der Waals surface area contributed by atoms with Crippen LogP contribution in [0, 0.1) is 0 Å². The topological polar surface area (TPSA) is 85.9 Å². The fourth-order valence-electron chi connectivity index (χ4n) is 4.28. The first-order valence-electron chi connectivity index (χ1n) is 10.7. The van der Waals surface area contributed by atoms with Crippen LogP contribution in [0.3, 0.4) is 0 Å². The van der Waals surface area contributed by atoms with Crippen molar-refractivity contribution in [3.63, 3.8) is 0 Å². The van der Waals surface area contributed by atoms with Crippen molar-refractivity contribution < 1.29 is 0 Å². The summed E-state index contributed by atoms with van der Waals surface area (Å²) < 4.78 is 4.53. The fourth-order valence-corrected chi connectivity index (χ4v) is 4.28. The molecule has 1 fully saturated rings. The van der Waals surface area contributed by atoms with E-state index in [0.29, 0.717) is 29.7 Å². The molecule has 8 nitrogen and oxygen atoms in total. The molecule has 1 aliphatic carbocycles. The largest absolute Gasteiger partial charge is 0.388 e. The summed E-state index contributed by atoms with van der Waals surface area (Å²) in [5.74, 6) is 0.660.